The Morgan fingerprint density at radius 1 is 1.05 bits per heavy atom. The molecule has 7 nitrogen and oxygen atoms in total. The molecule has 1 saturated heterocycles. The summed E-state index contributed by atoms with van der Waals surface area (Å²) in [5.41, 5.74) is 11.5. The number of benzene rings is 3. The summed E-state index contributed by atoms with van der Waals surface area (Å²) in [6.07, 6.45) is 1.52. The van der Waals surface area contributed by atoms with Crippen molar-refractivity contribution in [2.24, 2.45) is 0 Å². The molecule has 0 saturated carbocycles. The van der Waals surface area contributed by atoms with Crippen molar-refractivity contribution in [3.8, 4) is 0 Å². The number of hydrogen-bond acceptors (Lipinski definition) is 5. The standard InChI is InChI=1S/C30H35N5O2/c1-30(2,3)37-29(36)35-17-7-10-27(35)28-32-25-16-13-22(18-26(25)33-28)20-34(24-8-5-4-6-9-24)19-21-11-14-23(31)15-12-21/h4-6,8-9,11-16,18,27H,7,10,17,19-20,31H2,1-3H3,(H,32,33)/t27-/m0/s1. The minimum Gasteiger partial charge on any atom is -0.444 e. The van der Waals surface area contributed by atoms with Crippen molar-refractivity contribution in [2.45, 2.75) is 58.3 Å². The molecule has 37 heavy (non-hydrogen) atoms. The molecule has 3 aromatic carbocycles. The first-order chi connectivity index (χ1) is 17.7. The molecule has 0 bridgehead atoms. The Morgan fingerprint density at radius 2 is 1.76 bits per heavy atom. The molecular formula is C30H35N5O2. The van der Waals surface area contributed by atoms with E-state index in [0.29, 0.717) is 6.54 Å². The van der Waals surface area contributed by atoms with Crippen molar-refractivity contribution in [1.82, 2.24) is 14.9 Å². The van der Waals surface area contributed by atoms with Crippen LogP contribution in [0, 0.1) is 0 Å². The maximum atomic E-state index is 12.8. The summed E-state index contributed by atoms with van der Waals surface area (Å²) in [6.45, 7) is 7.86. The largest absolute Gasteiger partial charge is 0.444 e. The second-order valence-electron chi connectivity index (χ2n) is 10.7. The van der Waals surface area contributed by atoms with Crippen molar-refractivity contribution in [1.29, 1.82) is 0 Å². The zero-order valence-corrected chi connectivity index (χ0v) is 21.8. The van der Waals surface area contributed by atoms with E-state index in [1.54, 1.807) is 4.90 Å². The Balaban J connectivity index is 1.38. The highest BCUT2D eigenvalue weighted by molar-refractivity contribution is 5.76. The van der Waals surface area contributed by atoms with E-state index in [-0.39, 0.29) is 12.1 Å². The van der Waals surface area contributed by atoms with Gasteiger partial charge in [-0.2, -0.15) is 0 Å². The lowest BCUT2D eigenvalue weighted by Crippen LogP contribution is -2.36. The molecule has 0 spiro atoms. The predicted octanol–water partition coefficient (Wildman–Crippen LogP) is 6.42. The molecule has 1 aliphatic rings. The number of fused-ring (bicyclic) bond motifs is 1. The van der Waals surface area contributed by atoms with Crippen LogP contribution in [-0.4, -0.2) is 33.1 Å². The zero-order valence-electron chi connectivity index (χ0n) is 21.8. The molecule has 4 aromatic rings. The molecule has 1 amide bonds. The van der Waals surface area contributed by atoms with Crippen molar-refractivity contribution in [3.05, 3.63) is 89.7 Å². The first kappa shape index (κ1) is 24.7. The van der Waals surface area contributed by atoms with Crippen LogP contribution in [0.1, 0.15) is 56.6 Å². The van der Waals surface area contributed by atoms with E-state index in [4.69, 9.17) is 15.5 Å². The molecule has 0 aliphatic carbocycles. The first-order valence-corrected chi connectivity index (χ1v) is 12.9. The minimum atomic E-state index is -0.524. The second kappa shape index (κ2) is 10.2. The average molecular weight is 498 g/mol. The Bertz CT molecular complexity index is 1360. The molecule has 1 aliphatic heterocycles. The summed E-state index contributed by atoms with van der Waals surface area (Å²) in [6, 6.07) is 24.7. The van der Waals surface area contributed by atoms with Crippen molar-refractivity contribution in [2.75, 3.05) is 17.2 Å². The number of rotatable bonds is 6. The van der Waals surface area contributed by atoms with E-state index >= 15 is 0 Å². The van der Waals surface area contributed by atoms with E-state index in [1.165, 1.54) is 11.1 Å². The highest BCUT2D eigenvalue weighted by Crippen LogP contribution is 2.33. The fraction of sp³-hybridized carbons (Fsp3) is 0.333. The molecule has 1 fully saturated rings. The average Bonchev–Trinajstić information content (AvgIpc) is 3.51. The number of nitrogen functional groups attached to an aromatic ring is 1. The van der Waals surface area contributed by atoms with Gasteiger partial charge in [0.2, 0.25) is 0 Å². The quantitative estimate of drug-likeness (QED) is 0.300. The lowest BCUT2D eigenvalue weighted by atomic mass is 10.1. The van der Waals surface area contributed by atoms with Gasteiger partial charge in [0.05, 0.1) is 17.1 Å². The van der Waals surface area contributed by atoms with Gasteiger partial charge in [-0.15, -0.1) is 0 Å². The Hall–Kier alpha value is -4.00. The van der Waals surface area contributed by atoms with Gasteiger partial charge in [-0.3, -0.25) is 4.90 Å². The lowest BCUT2D eigenvalue weighted by Gasteiger charge is -2.27. The molecule has 1 aromatic heterocycles. The van der Waals surface area contributed by atoms with Crippen molar-refractivity contribution < 1.29 is 9.53 Å². The number of hydrogen-bond donors (Lipinski definition) is 2. The maximum absolute atomic E-state index is 12.8. The number of nitrogens with one attached hydrogen (secondary N) is 1. The Labute approximate surface area is 218 Å². The number of aromatic nitrogens is 2. The summed E-state index contributed by atoms with van der Waals surface area (Å²) in [7, 11) is 0. The van der Waals surface area contributed by atoms with Crippen LogP contribution in [0.5, 0.6) is 0 Å². The number of nitrogens with zero attached hydrogens (tertiary/aromatic N) is 3. The van der Waals surface area contributed by atoms with E-state index in [9.17, 15) is 4.79 Å². The van der Waals surface area contributed by atoms with Crippen molar-refractivity contribution in [3.63, 3.8) is 0 Å². The monoisotopic (exact) mass is 497 g/mol. The van der Waals surface area contributed by atoms with Crippen LogP contribution in [0.4, 0.5) is 16.2 Å². The molecule has 0 unspecified atom stereocenters. The number of aromatic amines is 1. The van der Waals surface area contributed by atoms with Gasteiger partial charge in [-0.25, -0.2) is 9.78 Å². The Morgan fingerprint density at radius 3 is 2.49 bits per heavy atom. The number of amides is 1. The van der Waals surface area contributed by atoms with Crippen LogP contribution in [0.25, 0.3) is 11.0 Å². The van der Waals surface area contributed by atoms with Crippen LogP contribution < -0.4 is 10.6 Å². The summed E-state index contributed by atoms with van der Waals surface area (Å²) in [5, 5.41) is 0. The molecular weight excluding hydrogens is 462 g/mol. The molecule has 3 N–H and O–H groups in total. The first-order valence-electron chi connectivity index (χ1n) is 12.9. The van der Waals surface area contributed by atoms with E-state index in [1.807, 2.05) is 39.0 Å². The molecule has 0 radical (unpaired) electrons. The summed E-state index contributed by atoms with van der Waals surface area (Å²) < 4.78 is 5.64. The highest BCUT2D eigenvalue weighted by atomic mass is 16.6. The fourth-order valence-corrected chi connectivity index (χ4v) is 4.86. The number of likely N-dealkylation sites (tertiary alicyclic amines) is 1. The number of nitrogens with two attached hydrogens (primary N) is 1. The lowest BCUT2D eigenvalue weighted by molar-refractivity contribution is 0.0219. The number of H-pyrrole nitrogens is 1. The van der Waals surface area contributed by atoms with Crippen LogP contribution in [0.2, 0.25) is 0 Å². The van der Waals surface area contributed by atoms with Gasteiger partial charge in [0.15, 0.2) is 0 Å². The van der Waals surface area contributed by atoms with Gasteiger partial charge in [0, 0.05) is 31.0 Å². The van der Waals surface area contributed by atoms with Gasteiger partial charge in [0.1, 0.15) is 11.4 Å². The second-order valence-corrected chi connectivity index (χ2v) is 10.7. The maximum Gasteiger partial charge on any atom is 0.410 e. The zero-order chi connectivity index (χ0) is 26.0. The van der Waals surface area contributed by atoms with E-state index in [0.717, 1.165) is 54.2 Å². The number of para-hydroxylation sites is 1. The smallest absolute Gasteiger partial charge is 0.410 e. The van der Waals surface area contributed by atoms with Gasteiger partial charge in [-0.05, 0) is 81.1 Å². The van der Waals surface area contributed by atoms with Crippen LogP contribution in [0.3, 0.4) is 0 Å². The van der Waals surface area contributed by atoms with Gasteiger partial charge in [0.25, 0.3) is 0 Å². The predicted molar refractivity (Wildman–Crippen MR) is 148 cm³/mol. The molecule has 192 valence electrons. The SMILES string of the molecule is CC(C)(C)OC(=O)N1CCC[C@H]1c1nc2cc(CN(Cc3ccc(N)cc3)c3ccccc3)ccc2[nH]1. The van der Waals surface area contributed by atoms with Crippen LogP contribution >= 0.6 is 0 Å². The third-order valence-electron chi connectivity index (χ3n) is 6.61. The van der Waals surface area contributed by atoms with Crippen molar-refractivity contribution >= 4 is 28.5 Å². The number of carbonyl (C=O) groups excluding carboxylic acids is 1. The number of carbonyl (C=O) groups is 1. The third-order valence-corrected chi connectivity index (χ3v) is 6.61. The summed E-state index contributed by atoms with van der Waals surface area (Å²) in [4.78, 5) is 25.3. The van der Waals surface area contributed by atoms with Gasteiger partial charge >= 0.3 is 6.09 Å². The Kier molecular flexibility index (Phi) is 6.78. The highest BCUT2D eigenvalue weighted by Gasteiger charge is 2.35. The molecule has 2 heterocycles. The molecule has 5 rings (SSSR count). The summed E-state index contributed by atoms with van der Waals surface area (Å²) in [5.74, 6) is 0.817. The summed E-state index contributed by atoms with van der Waals surface area (Å²) >= 11 is 0. The third kappa shape index (κ3) is 5.88. The van der Waals surface area contributed by atoms with Crippen LogP contribution in [-0.2, 0) is 17.8 Å². The topological polar surface area (TPSA) is 87.5 Å². The molecule has 7 heteroatoms. The normalized spacial score (nSPS) is 15.8. The minimum absolute atomic E-state index is 0.1000. The van der Waals surface area contributed by atoms with E-state index in [2.05, 4.69) is 64.5 Å². The molecule has 1 atom stereocenters. The number of anilines is 2. The van der Waals surface area contributed by atoms with E-state index < -0.39 is 5.60 Å². The number of ether oxygens (including phenoxy) is 1. The van der Waals surface area contributed by atoms with Gasteiger partial charge < -0.3 is 20.4 Å². The van der Waals surface area contributed by atoms with Crippen LogP contribution in [0.15, 0.2) is 72.8 Å². The fourth-order valence-electron chi connectivity index (χ4n) is 4.86. The number of imidazole rings is 1. The van der Waals surface area contributed by atoms with Gasteiger partial charge in [-0.1, -0.05) is 36.4 Å².